The van der Waals surface area contributed by atoms with Crippen LogP contribution >= 0.6 is 11.8 Å². The van der Waals surface area contributed by atoms with Gasteiger partial charge in [-0.05, 0) is 29.8 Å². The molecule has 0 aromatic heterocycles. The SMILES string of the molecule is COC(=O)c1ccccc1CSc1cc(F)ccc1F. The zero-order valence-electron chi connectivity index (χ0n) is 10.7. The molecular weight excluding hydrogens is 282 g/mol. The van der Waals surface area contributed by atoms with E-state index >= 15 is 0 Å². The Bertz CT molecular complexity index is 629. The fourth-order valence-corrected chi connectivity index (χ4v) is 2.66. The molecule has 0 amide bonds. The minimum Gasteiger partial charge on any atom is -0.465 e. The van der Waals surface area contributed by atoms with E-state index in [1.54, 1.807) is 24.3 Å². The van der Waals surface area contributed by atoms with Crippen LogP contribution in [0.3, 0.4) is 0 Å². The van der Waals surface area contributed by atoms with Crippen LogP contribution in [0.2, 0.25) is 0 Å². The number of esters is 1. The third-order valence-corrected chi connectivity index (χ3v) is 3.78. The largest absolute Gasteiger partial charge is 0.465 e. The second-order valence-corrected chi connectivity index (χ2v) is 5.03. The van der Waals surface area contributed by atoms with Crippen LogP contribution in [0.5, 0.6) is 0 Å². The monoisotopic (exact) mass is 294 g/mol. The second kappa shape index (κ2) is 6.52. The van der Waals surface area contributed by atoms with Crippen molar-refractivity contribution in [3.63, 3.8) is 0 Å². The van der Waals surface area contributed by atoms with Gasteiger partial charge in [-0.15, -0.1) is 11.8 Å². The number of carbonyl (C=O) groups is 1. The molecule has 0 aliphatic carbocycles. The van der Waals surface area contributed by atoms with Gasteiger partial charge in [0.25, 0.3) is 0 Å². The van der Waals surface area contributed by atoms with Crippen molar-refractivity contribution in [3.05, 3.63) is 65.2 Å². The lowest BCUT2D eigenvalue weighted by molar-refractivity contribution is 0.0600. The summed E-state index contributed by atoms with van der Waals surface area (Å²) in [7, 11) is 1.30. The number of carbonyl (C=O) groups excluding carboxylic acids is 1. The van der Waals surface area contributed by atoms with Crippen LogP contribution < -0.4 is 0 Å². The molecule has 2 aromatic carbocycles. The van der Waals surface area contributed by atoms with Gasteiger partial charge in [0.2, 0.25) is 0 Å². The molecule has 0 saturated heterocycles. The summed E-state index contributed by atoms with van der Waals surface area (Å²) in [4.78, 5) is 11.8. The van der Waals surface area contributed by atoms with Crippen LogP contribution in [0.1, 0.15) is 15.9 Å². The first-order valence-electron chi connectivity index (χ1n) is 5.86. The highest BCUT2D eigenvalue weighted by Gasteiger charge is 2.12. The van der Waals surface area contributed by atoms with Gasteiger partial charge in [-0.3, -0.25) is 0 Å². The topological polar surface area (TPSA) is 26.3 Å². The van der Waals surface area contributed by atoms with E-state index < -0.39 is 17.6 Å². The van der Waals surface area contributed by atoms with Crippen molar-refractivity contribution in [3.8, 4) is 0 Å². The Labute approximate surface area is 119 Å². The molecule has 0 aliphatic heterocycles. The summed E-state index contributed by atoms with van der Waals surface area (Å²) in [6.45, 7) is 0. The van der Waals surface area contributed by atoms with E-state index in [1.807, 2.05) is 0 Å². The van der Waals surface area contributed by atoms with Crippen molar-refractivity contribution in [1.82, 2.24) is 0 Å². The van der Waals surface area contributed by atoms with E-state index in [9.17, 15) is 13.6 Å². The number of hydrogen-bond acceptors (Lipinski definition) is 3. The van der Waals surface area contributed by atoms with E-state index in [4.69, 9.17) is 0 Å². The van der Waals surface area contributed by atoms with Crippen LogP contribution in [-0.4, -0.2) is 13.1 Å². The van der Waals surface area contributed by atoms with Gasteiger partial charge >= 0.3 is 5.97 Å². The lowest BCUT2D eigenvalue weighted by Crippen LogP contribution is -2.04. The summed E-state index contributed by atoms with van der Waals surface area (Å²) in [5.74, 6) is -1.06. The molecule has 0 aliphatic rings. The molecule has 5 heteroatoms. The van der Waals surface area contributed by atoms with E-state index in [1.165, 1.54) is 7.11 Å². The third kappa shape index (κ3) is 3.36. The van der Waals surface area contributed by atoms with Gasteiger partial charge < -0.3 is 4.74 Å². The molecule has 0 saturated carbocycles. The Kier molecular flexibility index (Phi) is 4.74. The third-order valence-electron chi connectivity index (χ3n) is 2.70. The fraction of sp³-hybridized carbons (Fsp3) is 0.133. The molecule has 20 heavy (non-hydrogen) atoms. The number of halogens is 2. The standard InChI is InChI=1S/C15H12F2O2S/c1-19-15(18)12-5-3-2-4-10(12)9-20-14-8-11(16)6-7-13(14)17/h2-8H,9H2,1H3. The molecule has 0 unspecified atom stereocenters. The maximum atomic E-state index is 13.5. The van der Waals surface area contributed by atoms with Crippen LogP contribution in [0.25, 0.3) is 0 Å². The minimum absolute atomic E-state index is 0.213. The zero-order chi connectivity index (χ0) is 14.5. The zero-order valence-corrected chi connectivity index (χ0v) is 11.5. The summed E-state index contributed by atoms with van der Waals surface area (Å²) in [6, 6.07) is 10.2. The van der Waals surface area contributed by atoms with Crippen molar-refractivity contribution in [2.75, 3.05) is 7.11 Å². The fourth-order valence-electron chi connectivity index (χ4n) is 1.70. The van der Waals surface area contributed by atoms with E-state index in [0.29, 0.717) is 16.9 Å². The highest BCUT2D eigenvalue weighted by molar-refractivity contribution is 7.98. The van der Waals surface area contributed by atoms with Crippen LogP contribution in [0.4, 0.5) is 8.78 Å². The molecule has 2 rings (SSSR count). The molecule has 2 aromatic rings. The van der Waals surface area contributed by atoms with Crippen molar-refractivity contribution in [1.29, 1.82) is 0 Å². The average molecular weight is 294 g/mol. The van der Waals surface area contributed by atoms with Crippen LogP contribution in [-0.2, 0) is 10.5 Å². The minimum atomic E-state index is -0.491. The van der Waals surface area contributed by atoms with E-state index in [0.717, 1.165) is 30.0 Å². The molecule has 0 heterocycles. The maximum Gasteiger partial charge on any atom is 0.338 e. The molecule has 0 bridgehead atoms. The summed E-state index contributed by atoms with van der Waals surface area (Å²) in [5, 5.41) is 0. The van der Waals surface area contributed by atoms with E-state index in [2.05, 4.69) is 4.74 Å². The number of benzene rings is 2. The Morgan fingerprint density at radius 1 is 1.20 bits per heavy atom. The molecule has 0 atom stereocenters. The summed E-state index contributed by atoms with van der Waals surface area (Å²) < 4.78 is 31.3. The van der Waals surface area contributed by atoms with Gasteiger partial charge in [-0.1, -0.05) is 18.2 Å². The lowest BCUT2D eigenvalue weighted by Gasteiger charge is -2.08. The van der Waals surface area contributed by atoms with Crippen molar-refractivity contribution in [2.45, 2.75) is 10.6 Å². The van der Waals surface area contributed by atoms with Gasteiger partial charge in [-0.25, -0.2) is 13.6 Å². The summed E-state index contributed by atoms with van der Waals surface area (Å²) in [6.07, 6.45) is 0. The number of thioether (sulfide) groups is 1. The maximum absolute atomic E-state index is 13.5. The lowest BCUT2D eigenvalue weighted by atomic mass is 10.1. The first kappa shape index (κ1) is 14.5. The second-order valence-electron chi connectivity index (χ2n) is 4.01. The average Bonchev–Trinajstić information content (AvgIpc) is 2.47. The molecule has 0 radical (unpaired) electrons. The Morgan fingerprint density at radius 3 is 2.70 bits per heavy atom. The van der Waals surface area contributed by atoms with Crippen LogP contribution in [0.15, 0.2) is 47.4 Å². The predicted molar refractivity (Wildman–Crippen MR) is 73.7 cm³/mol. The first-order chi connectivity index (χ1) is 9.61. The van der Waals surface area contributed by atoms with Gasteiger partial charge in [0, 0.05) is 10.6 Å². The van der Waals surface area contributed by atoms with Crippen molar-refractivity contribution < 1.29 is 18.3 Å². The Balaban J connectivity index is 2.19. The summed E-state index contributed by atoms with van der Waals surface area (Å²) >= 11 is 1.13. The molecule has 0 spiro atoms. The number of hydrogen-bond donors (Lipinski definition) is 0. The van der Waals surface area contributed by atoms with Crippen molar-refractivity contribution >= 4 is 17.7 Å². The van der Waals surface area contributed by atoms with Gasteiger partial charge in [0.15, 0.2) is 0 Å². The number of ether oxygens (including phenoxy) is 1. The van der Waals surface area contributed by atoms with E-state index in [-0.39, 0.29) is 4.90 Å². The van der Waals surface area contributed by atoms with Gasteiger partial charge in [0.05, 0.1) is 12.7 Å². The van der Waals surface area contributed by atoms with Crippen LogP contribution in [0, 0.1) is 11.6 Å². The highest BCUT2D eigenvalue weighted by Crippen LogP contribution is 2.27. The smallest absolute Gasteiger partial charge is 0.338 e. The highest BCUT2D eigenvalue weighted by atomic mass is 32.2. The van der Waals surface area contributed by atoms with Crippen molar-refractivity contribution in [2.24, 2.45) is 0 Å². The Morgan fingerprint density at radius 2 is 1.95 bits per heavy atom. The molecular formula is C15H12F2O2S. The first-order valence-corrected chi connectivity index (χ1v) is 6.84. The number of methoxy groups -OCH3 is 1. The summed E-state index contributed by atoms with van der Waals surface area (Å²) in [5.41, 5.74) is 1.15. The predicted octanol–water partition coefficient (Wildman–Crippen LogP) is 4.04. The molecule has 104 valence electrons. The Hall–Kier alpha value is -1.88. The van der Waals surface area contributed by atoms with Gasteiger partial charge in [-0.2, -0.15) is 0 Å². The van der Waals surface area contributed by atoms with Gasteiger partial charge in [0.1, 0.15) is 11.6 Å². The molecule has 0 N–H and O–H groups in total. The molecule has 2 nitrogen and oxygen atoms in total. The normalized spacial score (nSPS) is 10.3. The molecule has 0 fully saturated rings. The quantitative estimate of drug-likeness (QED) is 0.629. The number of rotatable bonds is 4.